The van der Waals surface area contributed by atoms with Gasteiger partial charge in [0, 0.05) is 11.6 Å². The first-order valence-corrected chi connectivity index (χ1v) is 4.88. The molecule has 0 bridgehead atoms. The van der Waals surface area contributed by atoms with E-state index in [-0.39, 0.29) is 12.3 Å². The predicted molar refractivity (Wildman–Crippen MR) is 55.8 cm³/mol. The lowest BCUT2D eigenvalue weighted by Crippen LogP contribution is -2.23. The van der Waals surface area contributed by atoms with Gasteiger partial charge < -0.3 is 15.6 Å². The number of fused-ring (bicyclic) bond motifs is 1. The molecule has 3 N–H and O–H groups in total. The van der Waals surface area contributed by atoms with Gasteiger partial charge in [-0.15, -0.1) is 0 Å². The van der Waals surface area contributed by atoms with Crippen LogP contribution >= 0.6 is 0 Å². The van der Waals surface area contributed by atoms with E-state index in [2.05, 4.69) is 0 Å². The number of carboxylic acids is 1. The predicted octanol–water partition coefficient (Wildman–Crippen LogP) is 1.29. The zero-order valence-corrected chi connectivity index (χ0v) is 8.27. The Hall–Kier alpha value is -1.71. The van der Waals surface area contributed by atoms with Gasteiger partial charge in [0.1, 0.15) is 5.75 Å². The SMILES string of the molecule is Nc1ccc2c(c1)C[C@H](CC(=O)O)CO2. The van der Waals surface area contributed by atoms with E-state index in [0.29, 0.717) is 12.3 Å². The summed E-state index contributed by atoms with van der Waals surface area (Å²) in [4.78, 5) is 10.6. The molecule has 1 atom stereocenters. The van der Waals surface area contributed by atoms with E-state index in [1.165, 1.54) is 0 Å². The first kappa shape index (κ1) is 9.83. The molecule has 0 aromatic heterocycles. The average Bonchev–Trinajstić information content (AvgIpc) is 2.16. The molecule has 1 aliphatic heterocycles. The van der Waals surface area contributed by atoms with Gasteiger partial charge in [-0.3, -0.25) is 4.79 Å². The highest BCUT2D eigenvalue weighted by atomic mass is 16.5. The molecule has 0 saturated carbocycles. The van der Waals surface area contributed by atoms with Crippen LogP contribution in [0, 0.1) is 5.92 Å². The largest absolute Gasteiger partial charge is 0.493 e. The van der Waals surface area contributed by atoms with Gasteiger partial charge in [0.05, 0.1) is 13.0 Å². The van der Waals surface area contributed by atoms with E-state index in [9.17, 15) is 4.79 Å². The summed E-state index contributed by atoms with van der Waals surface area (Å²) in [6.45, 7) is 0.475. The Balaban J connectivity index is 2.14. The maximum Gasteiger partial charge on any atom is 0.303 e. The molecule has 0 aliphatic carbocycles. The van der Waals surface area contributed by atoms with Crippen molar-refractivity contribution in [1.82, 2.24) is 0 Å². The van der Waals surface area contributed by atoms with Crippen molar-refractivity contribution in [3.8, 4) is 5.75 Å². The lowest BCUT2D eigenvalue weighted by Gasteiger charge is -2.24. The zero-order valence-electron chi connectivity index (χ0n) is 8.27. The highest BCUT2D eigenvalue weighted by Gasteiger charge is 2.21. The van der Waals surface area contributed by atoms with E-state index < -0.39 is 5.97 Å². The summed E-state index contributed by atoms with van der Waals surface area (Å²) >= 11 is 0. The number of hydrogen-bond acceptors (Lipinski definition) is 3. The summed E-state index contributed by atoms with van der Waals surface area (Å²) in [6, 6.07) is 5.47. The van der Waals surface area contributed by atoms with Gasteiger partial charge in [0.25, 0.3) is 0 Å². The average molecular weight is 207 g/mol. The maximum absolute atomic E-state index is 10.6. The molecule has 1 aliphatic rings. The van der Waals surface area contributed by atoms with E-state index in [0.717, 1.165) is 17.7 Å². The molecule has 2 rings (SSSR count). The Morgan fingerprint density at radius 1 is 1.60 bits per heavy atom. The van der Waals surface area contributed by atoms with Gasteiger partial charge in [-0.2, -0.15) is 0 Å². The maximum atomic E-state index is 10.6. The quantitative estimate of drug-likeness (QED) is 0.717. The Bertz CT molecular complexity index is 389. The van der Waals surface area contributed by atoms with Crippen LogP contribution in [0.3, 0.4) is 0 Å². The molecule has 0 amide bonds. The molecule has 15 heavy (non-hydrogen) atoms. The Labute approximate surface area is 87.7 Å². The molecular formula is C11H13NO3. The standard InChI is InChI=1S/C11H13NO3/c12-9-1-2-10-8(5-9)3-7(6-15-10)4-11(13)14/h1-2,5,7H,3-4,6,12H2,(H,13,14)/t7-/m1/s1. The molecule has 1 aromatic carbocycles. The third kappa shape index (κ3) is 2.21. The first-order chi connectivity index (χ1) is 7.15. The topological polar surface area (TPSA) is 72.6 Å². The van der Waals surface area contributed by atoms with Crippen LogP contribution in [0.1, 0.15) is 12.0 Å². The number of aliphatic carboxylic acids is 1. The first-order valence-electron chi connectivity index (χ1n) is 4.88. The normalized spacial score (nSPS) is 19.1. The zero-order chi connectivity index (χ0) is 10.8. The van der Waals surface area contributed by atoms with E-state index in [4.69, 9.17) is 15.6 Å². The summed E-state index contributed by atoms with van der Waals surface area (Å²) in [5, 5.41) is 8.69. The molecule has 4 nitrogen and oxygen atoms in total. The highest BCUT2D eigenvalue weighted by molar-refractivity contribution is 5.67. The molecule has 1 heterocycles. The van der Waals surface area contributed by atoms with Crippen molar-refractivity contribution in [2.75, 3.05) is 12.3 Å². The van der Waals surface area contributed by atoms with E-state index in [1.54, 1.807) is 6.07 Å². The van der Waals surface area contributed by atoms with E-state index >= 15 is 0 Å². The number of nitrogens with two attached hydrogens (primary N) is 1. The molecule has 0 saturated heterocycles. The third-order valence-corrected chi connectivity index (χ3v) is 2.53. The number of ether oxygens (including phenoxy) is 1. The molecule has 1 aromatic rings. The van der Waals surface area contributed by atoms with Crippen molar-refractivity contribution in [1.29, 1.82) is 0 Å². The van der Waals surface area contributed by atoms with Gasteiger partial charge in [-0.05, 0) is 30.2 Å². The fourth-order valence-corrected chi connectivity index (χ4v) is 1.86. The lowest BCUT2D eigenvalue weighted by molar-refractivity contribution is -0.138. The van der Waals surface area contributed by atoms with Gasteiger partial charge >= 0.3 is 5.97 Å². The van der Waals surface area contributed by atoms with Crippen LogP contribution in [0.15, 0.2) is 18.2 Å². The fraction of sp³-hybridized carbons (Fsp3) is 0.364. The Morgan fingerprint density at radius 2 is 2.40 bits per heavy atom. The van der Waals surface area contributed by atoms with Gasteiger partial charge in [0.2, 0.25) is 0 Å². The second-order valence-electron chi connectivity index (χ2n) is 3.85. The van der Waals surface area contributed by atoms with Crippen molar-refractivity contribution in [3.05, 3.63) is 23.8 Å². The van der Waals surface area contributed by atoms with Gasteiger partial charge in [-0.1, -0.05) is 0 Å². The molecule has 80 valence electrons. The molecule has 0 unspecified atom stereocenters. The Kier molecular flexibility index (Phi) is 2.49. The minimum atomic E-state index is -0.782. The summed E-state index contributed by atoms with van der Waals surface area (Å²) in [6.07, 6.45) is 0.876. The van der Waals surface area contributed by atoms with Crippen LogP contribution in [0.5, 0.6) is 5.75 Å². The number of carbonyl (C=O) groups is 1. The minimum absolute atomic E-state index is 0.0526. The van der Waals surface area contributed by atoms with Crippen molar-refractivity contribution in [2.45, 2.75) is 12.8 Å². The monoisotopic (exact) mass is 207 g/mol. The van der Waals surface area contributed by atoms with Crippen LogP contribution in [0.2, 0.25) is 0 Å². The second-order valence-corrected chi connectivity index (χ2v) is 3.85. The summed E-state index contributed by atoms with van der Waals surface area (Å²) in [7, 11) is 0. The Morgan fingerprint density at radius 3 is 3.13 bits per heavy atom. The van der Waals surface area contributed by atoms with Crippen LogP contribution in [-0.2, 0) is 11.2 Å². The van der Waals surface area contributed by atoms with Crippen LogP contribution < -0.4 is 10.5 Å². The van der Waals surface area contributed by atoms with Crippen LogP contribution in [0.25, 0.3) is 0 Å². The molecular weight excluding hydrogens is 194 g/mol. The smallest absolute Gasteiger partial charge is 0.303 e. The van der Waals surface area contributed by atoms with Gasteiger partial charge in [0.15, 0.2) is 0 Å². The van der Waals surface area contributed by atoms with Crippen molar-refractivity contribution < 1.29 is 14.6 Å². The van der Waals surface area contributed by atoms with Gasteiger partial charge in [-0.25, -0.2) is 0 Å². The second kappa shape index (κ2) is 3.81. The molecule has 4 heteroatoms. The van der Waals surface area contributed by atoms with Crippen molar-refractivity contribution in [3.63, 3.8) is 0 Å². The summed E-state index contributed by atoms with van der Waals surface area (Å²) in [5.74, 6) is 0.0959. The number of anilines is 1. The fourth-order valence-electron chi connectivity index (χ4n) is 1.86. The number of hydrogen-bond donors (Lipinski definition) is 2. The summed E-state index contributed by atoms with van der Waals surface area (Å²) < 4.78 is 5.47. The van der Waals surface area contributed by atoms with Crippen molar-refractivity contribution >= 4 is 11.7 Å². The number of rotatable bonds is 2. The molecule has 0 fully saturated rings. The molecule has 0 spiro atoms. The lowest BCUT2D eigenvalue weighted by atomic mass is 9.94. The van der Waals surface area contributed by atoms with Crippen LogP contribution in [-0.4, -0.2) is 17.7 Å². The number of nitrogen functional groups attached to an aromatic ring is 1. The van der Waals surface area contributed by atoms with Crippen molar-refractivity contribution in [2.24, 2.45) is 5.92 Å². The number of carboxylic acid groups (broad SMARTS) is 1. The highest BCUT2D eigenvalue weighted by Crippen LogP contribution is 2.30. The van der Waals surface area contributed by atoms with E-state index in [1.807, 2.05) is 12.1 Å². The van der Waals surface area contributed by atoms with Crippen LogP contribution in [0.4, 0.5) is 5.69 Å². The third-order valence-electron chi connectivity index (χ3n) is 2.53. The molecule has 0 radical (unpaired) electrons. The summed E-state index contributed by atoms with van der Waals surface area (Å²) in [5.41, 5.74) is 7.35. The minimum Gasteiger partial charge on any atom is -0.493 e. The number of benzene rings is 1.